The first-order valence-electron chi connectivity index (χ1n) is 6.46. The molecular weight excluding hydrogens is 285 g/mol. The zero-order valence-corrected chi connectivity index (χ0v) is 12.6. The number of nitrogens with zero attached hydrogens (tertiary/aromatic N) is 1. The summed E-state index contributed by atoms with van der Waals surface area (Å²) in [5, 5.41) is 1.27. The second kappa shape index (κ2) is 7.46. The molecule has 0 aromatic heterocycles. The number of morpholine rings is 1. The summed E-state index contributed by atoms with van der Waals surface area (Å²) >= 11 is 12.3. The molecule has 1 aromatic carbocycles. The molecule has 5 heteroatoms. The van der Waals surface area contributed by atoms with Crippen molar-refractivity contribution >= 4 is 23.2 Å². The molecule has 106 valence electrons. The average molecular weight is 304 g/mol. The van der Waals surface area contributed by atoms with E-state index in [2.05, 4.69) is 4.90 Å². The fraction of sp³-hybridized carbons (Fsp3) is 0.571. The minimum absolute atomic E-state index is 0.242. The molecule has 0 saturated carbocycles. The number of hydrogen-bond donors (Lipinski definition) is 0. The van der Waals surface area contributed by atoms with Gasteiger partial charge in [-0.05, 0) is 18.1 Å². The van der Waals surface area contributed by atoms with Gasteiger partial charge in [0.15, 0.2) is 0 Å². The molecule has 3 nitrogen and oxygen atoms in total. The molecule has 0 aliphatic carbocycles. The Kier molecular flexibility index (Phi) is 5.92. The summed E-state index contributed by atoms with van der Waals surface area (Å²) in [6.45, 7) is 4.13. The van der Waals surface area contributed by atoms with Crippen molar-refractivity contribution in [2.45, 2.75) is 19.1 Å². The van der Waals surface area contributed by atoms with Crippen molar-refractivity contribution in [1.29, 1.82) is 0 Å². The molecule has 0 bridgehead atoms. The van der Waals surface area contributed by atoms with E-state index in [0.717, 1.165) is 44.8 Å². The first-order chi connectivity index (χ1) is 9.20. The number of rotatable bonds is 5. The van der Waals surface area contributed by atoms with Crippen molar-refractivity contribution < 1.29 is 9.47 Å². The van der Waals surface area contributed by atoms with E-state index >= 15 is 0 Å². The molecule has 0 unspecified atom stereocenters. The summed E-state index contributed by atoms with van der Waals surface area (Å²) < 4.78 is 10.8. The summed E-state index contributed by atoms with van der Waals surface area (Å²) in [5.74, 6) is 0. The van der Waals surface area contributed by atoms with E-state index in [-0.39, 0.29) is 6.10 Å². The summed E-state index contributed by atoms with van der Waals surface area (Å²) in [6.07, 6.45) is 1.17. The van der Waals surface area contributed by atoms with Gasteiger partial charge in [-0.2, -0.15) is 0 Å². The second-order valence-electron chi connectivity index (χ2n) is 4.72. The smallest absolute Gasteiger partial charge is 0.0724 e. The Balaban J connectivity index is 1.93. The van der Waals surface area contributed by atoms with Crippen molar-refractivity contribution in [3.63, 3.8) is 0 Å². The molecule has 2 rings (SSSR count). The molecule has 1 heterocycles. The SMILES string of the molecule is COCC[C@@H]1CN(Cc2cccc(Cl)c2Cl)CCO1. The van der Waals surface area contributed by atoms with Crippen LogP contribution in [0, 0.1) is 0 Å². The molecule has 0 spiro atoms. The van der Waals surface area contributed by atoms with Crippen LogP contribution in [0.3, 0.4) is 0 Å². The third-order valence-electron chi connectivity index (χ3n) is 3.29. The minimum atomic E-state index is 0.242. The maximum absolute atomic E-state index is 6.22. The van der Waals surface area contributed by atoms with Gasteiger partial charge in [-0.25, -0.2) is 0 Å². The highest BCUT2D eigenvalue weighted by atomic mass is 35.5. The molecular formula is C14H19Cl2NO2. The van der Waals surface area contributed by atoms with Crippen LogP contribution in [0.4, 0.5) is 0 Å². The average Bonchev–Trinajstić information content (AvgIpc) is 2.42. The van der Waals surface area contributed by atoms with Gasteiger partial charge in [-0.3, -0.25) is 4.90 Å². The lowest BCUT2D eigenvalue weighted by Crippen LogP contribution is -2.42. The highest BCUT2D eigenvalue weighted by Crippen LogP contribution is 2.27. The molecule has 1 fully saturated rings. The van der Waals surface area contributed by atoms with Crippen LogP contribution in [0.1, 0.15) is 12.0 Å². The van der Waals surface area contributed by atoms with E-state index < -0.39 is 0 Å². The summed E-state index contributed by atoms with van der Waals surface area (Å²) in [6, 6.07) is 5.77. The van der Waals surface area contributed by atoms with E-state index in [0.29, 0.717) is 10.0 Å². The van der Waals surface area contributed by atoms with Crippen molar-refractivity contribution in [2.24, 2.45) is 0 Å². The summed E-state index contributed by atoms with van der Waals surface area (Å²) in [4.78, 5) is 2.35. The summed E-state index contributed by atoms with van der Waals surface area (Å²) in [7, 11) is 1.71. The van der Waals surface area contributed by atoms with Gasteiger partial charge in [0.25, 0.3) is 0 Å². The first-order valence-corrected chi connectivity index (χ1v) is 7.22. The van der Waals surface area contributed by atoms with Crippen LogP contribution in [0.15, 0.2) is 18.2 Å². The lowest BCUT2D eigenvalue weighted by atomic mass is 10.1. The molecule has 1 saturated heterocycles. The molecule has 0 radical (unpaired) electrons. The monoisotopic (exact) mass is 303 g/mol. The van der Waals surface area contributed by atoms with Crippen LogP contribution in [0.2, 0.25) is 10.0 Å². The van der Waals surface area contributed by atoms with Crippen LogP contribution in [-0.4, -0.2) is 44.4 Å². The Hall–Kier alpha value is -0.320. The fourth-order valence-corrected chi connectivity index (χ4v) is 2.64. The van der Waals surface area contributed by atoms with Crippen molar-refractivity contribution in [1.82, 2.24) is 4.90 Å². The van der Waals surface area contributed by atoms with Crippen LogP contribution >= 0.6 is 23.2 Å². The quantitative estimate of drug-likeness (QED) is 0.833. The summed E-state index contributed by atoms with van der Waals surface area (Å²) in [5.41, 5.74) is 1.07. The Morgan fingerprint density at radius 3 is 3.05 bits per heavy atom. The lowest BCUT2D eigenvalue weighted by Gasteiger charge is -2.33. The van der Waals surface area contributed by atoms with Gasteiger partial charge < -0.3 is 9.47 Å². The zero-order chi connectivity index (χ0) is 13.7. The number of halogens is 2. The predicted octanol–water partition coefficient (Wildman–Crippen LogP) is 3.23. The standard InChI is InChI=1S/C14H19Cl2NO2/c1-18-7-5-12-10-17(6-8-19-12)9-11-3-2-4-13(15)14(11)16/h2-4,12H,5-10H2,1H3/t12-/m1/s1. The Bertz CT molecular complexity index is 414. The molecule has 1 aromatic rings. The van der Waals surface area contributed by atoms with Gasteiger partial charge in [0, 0.05) is 33.4 Å². The zero-order valence-electron chi connectivity index (χ0n) is 11.1. The second-order valence-corrected chi connectivity index (χ2v) is 5.51. The minimum Gasteiger partial charge on any atom is -0.385 e. The van der Waals surface area contributed by atoms with Crippen molar-refractivity contribution in [3.8, 4) is 0 Å². The molecule has 19 heavy (non-hydrogen) atoms. The van der Waals surface area contributed by atoms with Gasteiger partial charge in [-0.15, -0.1) is 0 Å². The third-order valence-corrected chi connectivity index (χ3v) is 4.15. The van der Waals surface area contributed by atoms with Crippen molar-refractivity contribution in [2.75, 3.05) is 33.4 Å². The predicted molar refractivity (Wildman–Crippen MR) is 78.0 cm³/mol. The number of ether oxygens (including phenoxy) is 2. The van der Waals surface area contributed by atoms with Crippen LogP contribution in [-0.2, 0) is 16.0 Å². The Morgan fingerprint density at radius 2 is 2.26 bits per heavy atom. The number of benzene rings is 1. The number of hydrogen-bond acceptors (Lipinski definition) is 3. The third kappa shape index (κ3) is 4.33. The maximum atomic E-state index is 6.22. The number of methoxy groups -OCH3 is 1. The Labute approximate surface area is 124 Å². The van der Waals surface area contributed by atoms with Gasteiger partial charge >= 0.3 is 0 Å². The van der Waals surface area contributed by atoms with E-state index in [1.165, 1.54) is 0 Å². The lowest BCUT2D eigenvalue weighted by molar-refractivity contribution is -0.0432. The normalized spacial score (nSPS) is 20.7. The Morgan fingerprint density at radius 1 is 1.42 bits per heavy atom. The molecule has 0 amide bonds. The van der Waals surface area contributed by atoms with E-state index in [9.17, 15) is 0 Å². The topological polar surface area (TPSA) is 21.7 Å². The van der Waals surface area contributed by atoms with Crippen molar-refractivity contribution in [3.05, 3.63) is 33.8 Å². The van der Waals surface area contributed by atoms with E-state index in [1.807, 2.05) is 18.2 Å². The largest absolute Gasteiger partial charge is 0.385 e. The molecule has 1 aliphatic heterocycles. The molecule has 1 atom stereocenters. The highest BCUT2D eigenvalue weighted by Gasteiger charge is 2.21. The van der Waals surface area contributed by atoms with Gasteiger partial charge in [0.05, 0.1) is 22.8 Å². The highest BCUT2D eigenvalue weighted by molar-refractivity contribution is 6.42. The van der Waals surface area contributed by atoms with Gasteiger partial charge in [-0.1, -0.05) is 35.3 Å². The van der Waals surface area contributed by atoms with Gasteiger partial charge in [0.2, 0.25) is 0 Å². The molecule has 1 aliphatic rings. The van der Waals surface area contributed by atoms with Gasteiger partial charge in [0.1, 0.15) is 0 Å². The first kappa shape index (κ1) is 15.1. The van der Waals surface area contributed by atoms with Crippen LogP contribution in [0.25, 0.3) is 0 Å². The van der Waals surface area contributed by atoms with Crippen LogP contribution in [0.5, 0.6) is 0 Å². The maximum Gasteiger partial charge on any atom is 0.0724 e. The van der Waals surface area contributed by atoms with E-state index in [4.69, 9.17) is 32.7 Å². The van der Waals surface area contributed by atoms with Crippen LogP contribution < -0.4 is 0 Å². The fourth-order valence-electron chi connectivity index (χ4n) is 2.26. The molecule has 0 N–H and O–H groups in total. The van der Waals surface area contributed by atoms with E-state index in [1.54, 1.807) is 7.11 Å².